The minimum absolute atomic E-state index is 0.0585. The molecule has 232 valence electrons. The molecule has 0 atom stereocenters. The zero-order chi connectivity index (χ0) is 32.7. The average Bonchev–Trinajstić information content (AvgIpc) is 3.34. The number of benzene rings is 2. The number of ether oxygens (including phenoxy) is 1. The molecule has 4 aromatic rings. The molecule has 0 saturated heterocycles. The number of carbonyl (C=O) groups excluding carboxylic acids is 1. The third-order valence-corrected chi connectivity index (χ3v) is 5.04. The first-order chi connectivity index (χ1) is 20.5. The molecule has 2 aromatic heterocycles. The quantitative estimate of drug-likeness (QED) is 0.133. The molecule has 11 nitrogen and oxygen atoms in total. The maximum absolute atomic E-state index is 14.7. The first kappa shape index (κ1) is 32.8. The fourth-order valence-electron chi connectivity index (χ4n) is 3.24. The van der Waals surface area contributed by atoms with E-state index in [1.54, 1.807) is 17.9 Å². The smallest absolute Gasteiger partial charge is 0.475 e. The van der Waals surface area contributed by atoms with Gasteiger partial charge >= 0.3 is 18.5 Å². The normalized spacial score (nSPS) is 11.1. The topological polar surface area (TPSA) is 143 Å². The number of rotatable bonds is 8. The number of anilines is 5. The monoisotopic (exact) mass is 627 g/mol. The van der Waals surface area contributed by atoms with Crippen molar-refractivity contribution in [2.75, 3.05) is 16.0 Å². The van der Waals surface area contributed by atoms with Crippen LogP contribution in [0.25, 0.3) is 11.1 Å². The summed E-state index contributed by atoms with van der Waals surface area (Å²) in [7, 11) is 1.72. The number of alkyl halides is 6. The van der Waals surface area contributed by atoms with Gasteiger partial charge < -0.3 is 25.8 Å². The molecule has 0 bridgehead atoms. The molecule has 0 saturated carbocycles. The summed E-state index contributed by atoms with van der Waals surface area (Å²) in [6.07, 6.45) is -4.33. The first-order valence-electron chi connectivity index (χ1n) is 11.8. The van der Waals surface area contributed by atoms with Crippen LogP contribution < -0.4 is 20.7 Å². The van der Waals surface area contributed by atoms with E-state index < -0.39 is 36.0 Å². The third-order valence-electron chi connectivity index (χ3n) is 5.04. The van der Waals surface area contributed by atoms with Gasteiger partial charge in [-0.1, -0.05) is 18.7 Å². The van der Waals surface area contributed by atoms with Crippen LogP contribution in [0.5, 0.6) is 5.75 Å². The number of hydrogen-bond acceptors (Lipinski definition) is 8. The molecule has 0 aliphatic carbocycles. The molecule has 2 aromatic carbocycles. The van der Waals surface area contributed by atoms with Gasteiger partial charge in [-0.2, -0.15) is 23.3 Å². The Hall–Kier alpha value is -5.68. The number of carboxylic acids is 1. The molecule has 4 rings (SSSR count). The van der Waals surface area contributed by atoms with Crippen molar-refractivity contribution in [3.8, 4) is 16.9 Å². The molecule has 0 aliphatic heterocycles. The second-order valence-electron chi connectivity index (χ2n) is 8.38. The van der Waals surface area contributed by atoms with Crippen molar-refractivity contribution in [1.82, 2.24) is 19.7 Å². The second-order valence-corrected chi connectivity index (χ2v) is 8.38. The van der Waals surface area contributed by atoms with Gasteiger partial charge in [0, 0.05) is 30.7 Å². The highest BCUT2D eigenvalue weighted by atomic mass is 19.4. The number of aromatic nitrogens is 4. The molecular formula is C26H20F7N7O4. The summed E-state index contributed by atoms with van der Waals surface area (Å²) in [5.41, 5.74) is 1.32. The van der Waals surface area contributed by atoms with Gasteiger partial charge in [0.2, 0.25) is 11.9 Å². The van der Waals surface area contributed by atoms with E-state index in [0.29, 0.717) is 5.69 Å². The van der Waals surface area contributed by atoms with Crippen LogP contribution in [-0.2, 0) is 16.6 Å². The number of carboxylic acid groups (broad SMARTS) is 1. The van der Waals surface area contributed by atoms with Crippen molar-refractivity contribution in [3.63, 3.8) is 0 Å². The van der Waals surface area contributed by atoms with E-state index in [0.717, 1.165) is 24.3 Å². The van der Waals surface area contributed by atoms with Gasteiger partial charge in [0.15, 0.2) is 0 Å². The molecule has 0 aliphatic rings. The van der Waals surface area contributed by atoms with Gasteiger partial charge in [0.1, 0.15) is 17.4 Å². The van der Waals surface area contributed by atoms with E-state index in [1.807, 2.05) is 0 Å². The largest absolute Gasteiger partial charge is 0.573 e. The second kappa shape index (κ2) is 13.5. The van der Waals surface area contributed by atoms with E-state index in [4.69, 9.17) is 9.90 Å². The summed E-state index contributed by atoms with van der Waals surface area (Å²) in [6, 6.07) is 9.02. The van der Waals surface area contributed by atoms with Crippen LogP contribution >= 0.6 is 0 Å². The standard InChI is InChI=1S/C24H19F4N7O2.C2HF3O2/c1-3-21(36)31-15-7-8-19(25)20(10-15)33-22-18(14-5-4-6-17(9-14)37-24(26,27)28)12-29-23(34-22)32-16-11-30-35(2)13-16;3-2(4,5)1(6)7/h3-13H,1H2,2H3,(H,31,36)(H2,29,32,33,34);(H,6,7). The van der Waals surface area contributed by atoms with Gasteiger partial charge in [0.05, 0.1) is 17.6 Å². The molecule has 4 N–H and O–H groups in total. The minimum atomic E-state index is -5.08. The Bertz CT molecular complexity index is 1660. The predicted octanol–water partition coefficient (Wildman–Crippen LogP) is 6.16. The Morgan fingerprint density at radius 3 is 2.32 bits per heavy atom. The van der Waals surface area contributed by atoms with Crippen molar-refractivity contribution < 1.29 is 50.2 Å². The maximum atomic E-state index is 14.7. The lowest BCUT2D eigenvalue weighted by Gasteiger charge is -2.15. The Balaban J connectivity index is 0.000000676. The number of halogens is 7. The predicted molar refractivity (Wildman–Crippen MR) is 143 cm³/mol. The summed E-state index contributed by atoms with van der Waals surface area (Å²) in [5, 5.41) is 19.5. The van der Waals surface area contributed by atoms with E-state index in [9.17, 15) is 35.5 Å². The van der Waals surface area contributed by atoms with Crippen molar-refractivity contribution in [1.29, 1.82) is 0 Å². The number of carbonyl (C=O) groups is 2. The fraction of sp³-hybridized carbons (Fsp3) is 0.115. The Kier molecular flexibility index (Phi) is 10.1. The number of aliphatic carboxylic acids is 1. The summed E-state index contributed by atoms with van der Waals surface area (Å²) in [4.78, 5) is 29.2. The van der Waals surface area contributed by atoms with Crippen LogP contribution in [-0.4, -0.2) is 49.3 Å². The van der Waals surface area contributed by atoms with E-state index in [1.165, 1.54) is 36.7 Å². The molecule has 0 fully saturated rings. The van der Waals surface area contributed by atoms with Crippen LogP contribution in [0.15, 0.2) is 73.7 Å². The Labute approximate surface area is 243 Å². The molecule has 2 heterocycles. The molecule has 0 radical (unpaired) electrons. The number of nitrogens with zero attached hydrogens (tertiary/aromatic N) is 4. The van der Waals surface area contributed by atoms with Gasteiger partial charge in [-0.05, 0) is 42.0 Å². The number of nitrogens with one attached hydrogen (secondary N) is 3. The average molecular weight is 627 g/mol. The Morgan fingerprint density at radius 1 is 1.02 bits per heavy atom. The molecule has 1 amide bonds. The van der Waals surface area contributed by atoms with Crippen LogP contribution in [0.4, 0.5) is 59.6 Å². The van der Waals surface area contributed by atoms with Gasteiger partial charge in [-0.15, -0.1) is 13.2 Å². The lowest BCUT2D eigenvalue weighted by Crippen LogP contribution is -2.21. The fourth-order valence-corrected chi connectivity index (χ4v) is 3.24. The van der Waals surface area contributed by atoms with Crippen molar-refractivity contribution in [3.05, 3.63) is 79.5 Å². The zero-order valence-electron chi connectivity index (χ0n) is 22.2. The minimum Gasteiger partial charge on any atom is -0.475 e. The summed E-state index contributed by atoms with van der Waals surface area (Å²) in [5.74, 6) is -4.20. The van der Waals surface area contributed by atoms with Gasteiger partial charge in [0.25, 0.3) is 0 Å². The number of hydrogen-bond donors (Lipinski definition) is 4. The number of aryl methyl sites for hydroxylation is 1. The van der Waals surface area contributed by atoms with Crippen molar-refractivity contribution in [2.24, 2.45) is 7.05 Å². The summed E-state index contributed by atoms with van der Waals surface area (Å²) >= 11 is 0. The molecule has 44 heavy (non-hydrogen) atoms. The zero-order valence-corrected chi connectivity index (χ0v) is 22.2. The van der Waals surface area contributed by atoms with E-state index in [2.05, 4.69) is 42.3 Å². The lowest BCUT2D eigenvalue weighted by molar-refractivity contribution is -0.274. The summed E-state index contributed by atoms with van der Waals surface area (Å²) in [6.45, 7) is 3.37. The van der Waals surface area contributed by atoms with Crippen LogP contribution in [0, 0.1) is 5.82 Å². The van der Waals surface area contributed by atoms with Gasteiger partial charge in [-0.3, -0.25) is 9.48 Å². The SMILES string of the molecule is C=CC(=O)Nc1ccc(F)c(Nc2nc(Nc3cnn(C)c3)ncc2-c2cccc(OC(F)(F)F)c2)c1.O=C(O)C(F)(F)F. The highest BCUT2D eigenvalue weighted by Gasteiger charge is 2.38. The van der Waals surface area contributed by atoms with Crippen molar-refractivity contribution in [2.45, 2.75) is 12.5 Å². The van der Waals surface area contributed by atoms with E-state index in [-0.39, 0.29) is 34.3 Å². The van der Waals surface area contributed by atoms with Crippen LogP contribution in [0.3, 0.4) is 0 Å². The third kappa shape index (κ3) is 9.71. The maximum Gasteiger partial charge on any atom is 0.573 e. The lowest BCUT2D eigenvalue weighted by atomic mass is 10.1. The highest BCUT2D eigenvalue weighted by Crippen LogP contribution is 2.34. The molecular weight excluding hydrogens is 607 g/mol. The number of amides is 1. The molecule has 0 spiro atoms. The van der Waals surface area contributed by atoms with Crippen LogP contribution in [0.1, 0.15) is 0 Å². The molecule has 0 unspecified atom stereocenters. The van der Waals surface area contributed by atoms with Crippen LogP contribution in [0.2, 0.25) is 0 Å². The highest BCUT2D eigenvalue weighted by molar-refractivity contribution is 5.99. The van der Waals surface area contributed by atoms with Crippen molar-refractivity contribution >= 4 is 40.7 Å². The van der Waals surface area contributed by atoms with E-state index >= 15 is 0 Å². The first-order valence-corrected chi connectivity index (χ1v) is 11.8. The summed E-state index contributed by atoms with van der Waals surface area (Å²) < 4.78 is 90.3. The van der Waals surface area contributed by atoms with Gasteiger partial charge in [-0.25, -0.2) is 14.2 Å². The molecule has 18 heteroatoms. The Morgan fingerprint density at radius 2 is 1.73 bits per heavy atom.